The van der Waals surface area contributed by atoms with Crippen LogP contribution in [-0.2, 0) is 11.2 Å². The number of carbonyl (C=O) groups excluding carboxylic acids is 1. The van der Waals surface area contributed by atoms with Crippen molar-refractivity contribution in [3.05, 3.63) is 35.6 Å². The number of amides is 1. The van der Waals surface area contributed by atoms with Crippen molar-refractivity contribution in [1.29, 1.82) is 0 Å². The maximum atomic E-state index is 12.8. The number of aryl methyl sites for hydroxylation is 1. The first-order valence-electron chi connectivity index (χ1n) is 7.34. The summed E-state index contributed by atoms with van der Waals surface area (Å²) in [7, 11) is 0. The largest absolute Gasteiger partial charge is 0.393 e. The normalized spacial score (nSPS) is 28.7. The van der Waals surface area contributed by atoms with Crippen molar-refractivity contribution in [2.75, 3.05) is 13.1 Å². The minimum atomic E-state index is -0.249. The number of benzene rings is 1. The summed E-state index contributed by atoms with van der Waals surface area (Å²) in [5, 5.41) is 9.86. The molecule has 3 rings (SSSR count). The van der Waals surface area contributed by atoms with E-state index in [-0.39, 0.29) is 23.7 Å². The maximum Gasteiger partial charge on any atom is 0.222 e. The summed E-state index contributed by atoms with van der Waals surface area (Å²) in [6.07, 6.45) is 2.80. The van der Waals surface area contributed by atoms with Crippen molar-refractivity contribution in [2.45, 2.75) is 31.8 Å². The SMILES string of the molecule is O=C(CCc1ccc(F)cc1)N1CC2CCC(O)C2C1. The molecule has 1 N–H and O–H groups in total. The van der Waals surface area contributed by atoms with Crippen LogP contribution in [0.3, 0.4) is 0 Å². The molecular weight excluding hydrogens is 257 g/mol. The third-order valence-corrected chi connectivity index (χ3v) is 4.71. The van der Waals surface area contributed by atoms with Crippen LogP contribution in [0.4, 0.5) is 4.39 Å². The molecule has 1 aliphatic heterocycles. The summed E-state index contributed by atoms with van der Waals surface area (Å²) in [4.78, 5) is 14.1. The first-order valence-corrected chi connectivity index (χ1v) is 7.34. The van der Waals surface area contributed by atoms with Crippen molar-refractivity contribution in [3.8, 4) is 0 Å². The number of hydrogen-bond donors (Lipinski definition) is 1. The number of aliphatic hydroxyl groups excluding tert-OH is 1. The van der Waals surface area contributed by atoms with Crippen LogP contribution in [0.1, 0.15) is 24.8 Å². The summed E-state index contributed by atoms with van der Waals surface area (Å²) in [6.45, 7) is 1.50. The van der Waals surface area contributed by atoms with Crippen LogP contribution < -0.4 is 0 Å². The van der Waals surface area contributed by atoms with E-state index in [1.807, 2.05) is 4.90 Å². The van der Waals surface area contributed by atoms with Crippen LogP contribution in [0.5, 0.6) is 0 Å². The topological polar surface area (TPSA) is 40.5 Å². The van der Waals surface area contributed by atoms with Gasteiger partial charge < -0.3 is 10.0 Å². The van der Waals surface area contributed by atoms with Crippen LogP contribution in [0.2, 0.25) is 0 Å². The summed E-state index contributed by atoms with van der Waals surface area (Å²) >= 11 is 0. The Morgan fingerprint density at radius 1 is 1.25 bits per heavy atom. The molecule has 0 radical (unpaired) electrons. The molecule has 2 aliphatic rings. The second-order valence-electron chi connectivity index (χ2n) is 5.99. The number of hydrogen-bond acceptors (Lipinski definition) is 2. The molecule has 20 heavy (non-hydrogen) atoms. The van der Waals surface area contributed by atoms with Gasteiger partial charge in [-0.2, -0.15) is 0 Å². The first-order chi connectivity index (χ1) is 9.63. The predicted molar refractivity (Wildman–Crippen MR) is 73.5 cm³/mol. The molecule has 0 spiro atoms. The molecule has 3 unspecified atom stereocenters. The number of nitrogens with zero attached hydrogens (tertiary/aromatic N) is 1. The van der Waals surface area contributed by atoms with E-state index in [9.17, 15) is 14.3 Å². The highest BCUT2D eigenvalue weighted by Gasteiger charge is 2.42. The van der Waals surface area contributed by atoms with Crippen molar-refractivity contribution >= 4 is 5.91 Å². The van der Waals surface area contributed by atoms with Gasteiger partial charge in [-0.15, -0.1) is 0 Å². The van der Waals surface area contributed by atoms with Gasteiger partial charge in [0, 0.05) is 25.4 Å². The first kappa shape index (κ1) is 13.6. The van der Waals surface area contributed by atoms with Gasteiger partial charge in [-0.25, -0.2) is 4.39 Å². The van der Waals surface area contributed by atoms with Crippen LogP contribution >= 0.6 is 0 Å². The molecule has 2 fully saturated rings. The molecule has 1 saturated heterocycles. The van der Waals surface area contributed by atoms with Crippen molar-refractivity contribution in [3.63, 3.8) is 0 Å². The third kappa shape index (κ3) is 2.70. The van der Waals surface area contributed by atoms with Crippen molar-refractivity contribution in [1.82, 2.24) is 4.90 Å². The Bertz CT molecular complexity index is 488. The van der Waals surface area contributed by atoms with Gasteiger partial charge in [0.05, 0.1) is 6.10 Å². The highest BCUT2D eigenvalue weighted by molar-refractivity contribution is 5.76. The van der Waals surface area contributed by atoms with E-state index in [1.54, 1.807) is 12.1 Å². The van der Waals surface area contributed by atoms with E-state index in [1.165, 1.54) is 12.1 Å². The zero-order valence-electron chi connectivity index (χ0n) is 11.5. The number of carbonyl (C=O) groups is 1. The van der Waals surface area contributed by atoms with Crippen molar-refractivity contribution in [2.24, 2.45) is 11.8 Å². The number of halogens is 1. The van der Waals surface area contributed by atoms with E-state index in [2.05, 4.69) is 0 Å². The highest BCUT2D eigenvalue weighted by atomic mass is 19.1. The van der Waals surface area contributed by atoms with Crippen LogP contribution in [-0.4, -0.2) is 35.1 Å². The fourth-order valence-corrected chi connectivity index (χ4v) is 3.50. The molecule has 1 amide bonds. The Balaban J connectivity index is 1.52. The van der Waals surface area contributed by atoms with Gasteiger partial charge in [-0.05, 0) is 42.9 Å². The lowest BCUT2D eigenvalue weighted by Crippen LogP contribution is -2.31. The van der Waals surface area contributed by atoms with E-state index in [4.69, 9.17) is 0 Å². The Morgan fingerprint density at radius 2 is 2.00 bits per heavy atom. The van der Waals surface area contributed by atoms with Gasteiger partial charge in [-0.3, -0.25) is 4.79 Å². The molecule has 1 aromatic rings. The standard InChI is InChI=1S/C16H20FNO2/c17-13-5-1-11(2-6-13)3-8-16(20)18-9-12-4-7-15(19)14(12)10-18/h1-2,5-6,12,14-15,19H,3-4,7-10H2. The predicted octanol–water partition coefficient (Wildman–Crippen LogP) is 1.99. The van der Waals surface area contributed by atoms with Gasteiger partial charge in [0.1, 0.15) is 5.82 Å². The van der Waals surface area contributed by atoms with Gasteiger partial charge in [0.2, 0.25) is 5.91 Å². The third-order valence-electron chi connectivity index (χ3n) is 4.71. The van der Waals surface area contributed by atoms with Gasteiger partial charge in [0.15, 0.2) is 0 Å². The Hall–Kier alpha value is -1.42. The molecule has 3 atom stereocenters. The lowest BCUT2D eigenvalue weighted by Gasteiger charge is -2.18. The van der Waals surface area contributed by atoms with Gasteiger partial charge in [-0.1, -0.05) is 12.1 Å². The molecule has 1 saturated carbocycles. The monoisotopic (exact) mass is 277 g/mol. The molecular formula is C16H20FNO2. The molecule has 4 heteroatoms. The molecule has 108 valence electrons. The van der Waals surface area contributed by atoms with Crippen LogP contribution in [0, 0.1) is 17.7 Å². The zero-order valence-corrected chi connectivity index (χ0v) is 11.5. The average molecular weight is 277 g/mol. The lowest BCUT2D eigenvalue weighted by atomic mass is 10.00. The van der Waals surface area contributed by atoms with Gasteiger partial charge >= 0.3 is 0 Å². The van der Waals surface area contributed by atoms with Crippen LogP contribution in [0.25, 0.3) is 0 Å². The minimum absolute atomic E-state index is 0.149. The Morgan fingerprint density at radius 3 is 2.70 bits per heavy atom. The Kier molecular flexibility index (Phi) is 3.74. The Labute approximate surface area is 118 Å². The minimum Gasteiger partial charge on any atom is -0.393 e. The number of aliphatic hydroxyl groups is 1. The molecule has 1 aliphatic carbocycles. The quantitative estimate of drug-likeness (QED) is 0.918. The van der Waals surface area contributed by atoms with E-state index < -0.39 is 0 Å². The average Bonchev–Trinajstić information content (AvgIpc) is 3.01. The van der Waals surface area contributed by atoms with Crippen LogP contribution in [0.15, 0.2) is 24.3 Å². The maximum absolute atomic E-state index is 12.8. The van der Waals surface area contributed by atoms with Gasteiger partial charge in [0.25, 0.3) is 0 Å². The van der Waals surface area contributed by atoms with E-state index in [0.29, 0.717) is 25.3 Å². The fourth-order valence-electron chi connectivity index (χ4n) is 3.50. The summed E-state index contributed by atoms with van der Waals surface area (Å²) in [6, 6.07) is 6.31. The second kappa shape index (κ2) is 5.52. The molecule has 0 bridgehead atoms. The summed E-state index contributed by atoms with van der Waals surface area (Å²) < 4.78 is 12.8. The summed E-state index contributed by atoms with van der Waals surface area (Å²) in [5.41, 5.74) is 0.985. The lowest BCUT2D eigenvalue weighted by molar-refractivity contribution is -0.130. The zero-order chi connectivity index (χ0) is 14.1. The molecule has 3 nitrogen and oxygen atoms in total. The highest BCUT2D eigenvalue weighted by Crippen LogP contribution is 2.38. The summed E-state index contributed by atoms with van der Waals surface area (Å²) in [5.74, 6) is 0.668. The smallest absolute Gasteiger partial charge is 0.222 e. The second-order valence-corrected chi connectivity index (χ2v) is 5.99. The number of rotatable bonds is 3. The molecule has 1 aromatic carbocycles. The number of likely N-dealkylation sites (tertiary alicyclic amines) is 1. The number of fused-ring (bicyclic) bond motifs is 1. The fraction of sp³-hybridized carbons (Fsp3) is 0.562. The van der Waals surface area contributed by atoms with Crippen molar-refractivity contribution < 1.29 is 14.3 Å². The van der Waals surface area contributed by atoms with E-state index in [0.717, 1.165) is 24.9 Å². The van der Waals surface area contributed by atoms with E-state index >= 15 is 0 Å². The molecule has 1 heterocycles. The molecule has 0 aromatic heterocycles.